The lowest BCUT2D eigenvalue weighted by molar-refractivity contribution is -0.141. The predicted molar refractivity (Wildman–Crippen MR) is 80.5 cm³/mol. The first-order valence-electron chi connectivity index (χ1n) is 6.16. The van der Waals surface area contributed by atoms with Crippen molar-refractivity contribution in [2.45, 2.75) is 12.5 Å². The van der Waals surface area contributed by atoms with E-state index in [0.717, 1.165) is 0 Å². The first-order chi connectivity index (χ1) is 10.7. The summed E-state index contributed by atoms with van der Waals surface area (Å²) in [5.41, 5.74) is 5.55. The van der Waals surface area contributed by atoms with Crippen molar-refractivity contribution < 1.29 is 39.2 Å². The second-order valence-corrected chi connectivity index (χ2v) is 5.00. The number of hydrogen-bond acceptors (Lipinski definition) is 8. The third kappa shape index (κ3) is 8.91. The molecule has 130 valence electrons. The molecule has 0 fully saturated rings. The molecule has 1 aromatic rings. The first-order valence-corrected chi connectivity index (χ1v) is 7.32. The van der Waals surface area contributed by atoms with E-state index >= 15 is 0 Å². The van der Waals surface area contributed by atoms with Gasteiger partial charge in [-0.05, 0) is 17.7 Å². The number of aromatic hydroxyl groups is 2. The average Bonchev–Trinajstić information content (AvgIpc) is 2.50. The fourth-order valence-electron chi connectivity index (χ4n) is 1.39. The van der Waals surface area contributed by atoms with E-state index in [9.17, 15) is 14.7 Å². The summed E-state index contributed by atoms with van der Waals surface area (Å²) >= 11 is 0. The van der Waals surface area contributed by atoms with Crippen LogP contribution in [0.25, 0.3) is 0 Å². The number of carboxylic acid groups (broad SMARTS) is 1. The fraction of sp³-hybridized carbons (Fsp3) is 0.333. The number of phenols is 2. The number of rotatable bonds is 6. The topological polar surface area (TPSA) is 183 Å². The minimum atomic E-state index is -2.10. The van der Waals surface area contributed by atoms with Gasteiger partial charge in [0.05, 0.1) is 6.54 Å². The molecule has 0 saturated carbocycles. The average molecular weight is 350 g/mol. The molecule has 10 nitrogen and oxygen atoms in total. The van der Waals surface area contributed by atoms with Crippen molar-refractivity contribution in [1.29, 1.82) is 0 Å². The van der Waals surface area contributed by atoms with E-state index in [1.807, 2.05) is 0 Å². The summed E-state index contributed by atoms with van der Waals surface area (Å²) in [5, 5.41) is 29.6. The highest BCUT2D eigenvalue weighted by Gasteiger charge is 2.20. The lowest BCUT2D eigenvalue weighted by Gasteiger charge is -2.14. The van der Waals surface area contributed by atoms with Gasteiger partial charge in [0.2, 0.25) is 5.91 Å². The fourth-order valence-corrected chi connectivity index (χ4v) is 1.39. The Morgan fingerprint density at radius 1 is 1.30 bits per heavy atom. The van der Waals surface area contributed by atoms with E-state index in [1.54, 1.807) is 0 Å². The second kappa shape index (κ2) is 10.7. The van der Waals surface area contributed by atoms with Crippen LogP contribution < -0.4 is 11.1 Å². The largest absolute Gasteiger partial charge is 0.504 e. The minimum absolute atomic E-state index is 0.0189. The number of nitrogens with two attached hydrogens (primary N) is 1. The highest BCUT2D eigenvalue weighted by molar-refractivity contribution is 7.39. The summed E-state index contributed by atoms with van der Waals surface area (Å²) in [4.78, 5) is 37.5. The molecule has 23 heavy (non-hydrogen) atoms. The molecule has 0 saturated heterocycles. The minimum Gasteiger partial charge on any atom is -0.504 e. The molecule has 0 spiro atoms. The summed E-state index contributed by atoms with van der Waals surface area (Å²) in [6.07, 6.45) is -0.0189. The maximum absolute atomic E-state index is 11.0. The van der Waals surface area contributed by atoms with Gasteiger partial charge >= 0.3 is 14.6 Å². The van der Waals surface area contributed by atoms with Gasteiger partial charge in [0.1, 0.15) is 6.04 Å². The smallest absolute Gasteiger partial charge is 0.326 e. The number of carbonyl (C=O) groups is 2. The summed E-state index contributed by atoms with van der Waals surface area (Å²) in [6, 6.07) is 2.80. The van der Waals surface area contributed by atoms with Crippen LogP contribution in [0, 0.1) is 0 Å². The van der Waals surface area contributed by atoms with Gasteiger partial charge in [-0.2, -0.15) is 0 Å². The molecule has 0 aliphatic rings. The highest BCUT2D eigenvalue weighted by atomic mass is 31.2. The van der Waals surface area contributed by atoms with E-state index < -0.39 is 26.5 Å². The second-order valence-electron chi connectivity index (χ2n) is 4.12. The van der Waals surface area contributed by atoms with Crippen molar-refractivity contribution in [3.63, 3.8) is 0 Å². The molecule has 0 heterocycles. The molecule has 0 bridgehead atoms. The van der Waals surface area contributed by atoms with Gasteiger partial charge in [-0.3, -0.25) is 4.79 Å². The van der Waals surface area contributed by atoms with Crippen LogP contribution in [0.5, 0.6) is 11.5 Å². The van der Waals surface area contributed by atoms with Crippen molar-refractivity contribution in [3.05, 3.63) is 23.8 Å². The van der Waals surface area contributed by atoms with Gasteiger partial charge in [0.25, 0.3) is 0 Å². The number of hydrogen-bond donors (Lipinski definition) is 7. The highest BCUT2D eigenvalue weighted by Crippen LogP contribution is 2.25. The van der Waals surface area contributed by atoms with Crippen molar-refractivity contribution in [2.75, 3.05) is 13.7 Å². The van der Waals surface area contributed by atoms with Gasteiger partial charge in [-0.15, -0.1) is 0 Å². The van der Waals surface area contributed by atoms with Crippen LogP contribution in [0.4, 0.5) is 0 Å². The van der Waals surface area contributed by atoms with Crippen molar-refractivity contribution in [1.82, 2.24) is 5.32 Å². The van der Waals surface area contributed by atoms with E-state index in [0.29, 0.717) is 5.56 Å². The summed E-state index contributed by atoms with van der Waals surface area (Å²) in [6.45, 7) is -0.301. The maximum Gasteiger partial charge on any atom is 0.326 e. The molecule has 0 aliphatic carbocycles. The zero-order valence-electron chi connectivity index (χ0n) is 12.2. The standard InChI is InChI=1S/C11H14N2O5.CH5O3P/c12-5-10(16)13-7(11(17)18)3-6-1-2-8(14)9(15)4-6;1-4-5(2)3/h1-2,4,7,14-15H,3,5,12H2,(H,13,16)(H,17,18);2-3H,1H3. The van der Waals surface area contributed by atoms with Crippen LogP contribution >= 0.6 is 8.60 Å². The molecule has 1 unspecified atom stereocenters. The number of aliphatic carboxylic acids is 1. The summed E-state index contributed by atoms with van der Waals surface area (Å²) in [7, 11) is -0.870. The van der Waals surface area contributed by atoms with Gasteiger partial charge in [-0.1, -0.05) is 6.07 Å². The molecule has 11 heteroatoms. The van der Waals surface area contributed by atoms with Crippen molar-refractivity contribution in [2.24, 2.45) is 5.73 Å². The molecule has 1 aromatic carbocycles. The Bertz CT molecular complexity index is 526. The molecule has 8 N–H and O–H groups in total. The third-order valence-electron chi connectivity index (χ3n) is 2.46. The van der Waals surface area contributed by atoms with Crippen LogP contribution in [0.1, 0.15) is 5.56 Å². The maximum atomic E-state index is 11.0. The normalized spacial score (nSPS) is 11.3. The quantitative estimate of drug-likeness (QED) is 0.250. The van der Waals surface area contributed by atoms with Gasteiger partial charge in [-0.25, -0.2) is 4.79 Å². The summed E-state index contributed by atoms with van der Waals surface area (Å²) in [5.74, 6) is -2.42. The molecule has 1 atom stereocenters. The van der Waals surface area contributed by atoms with Crippen LogP contribution in [0.3, 0.4) is 0 Å². The number of carbonyl (C=O) groups excluding carboxylic acids is 1. The van der Waals surface area contributed by atoms with Gasteiger partial charge < -0.3 is 40.7 Å². The molecule has 0 radical (unpaired) electrons. The predicted octanol–water partition coefficient (Wildman–Crippen LogP) is -0.987. The Hall–Kier alpha value is -1.97. The van der Waals surface area contributed by atoms with Crippen molar-refractivity contribution in [3.8, 4) is 11.5 Å². The van der Waals surface area contributed by atoms with Crippen LogP contribution in [-0.4, -0.2) is 56.7 Å². The Morgan fingerprint density at radius 2 is 1.87 bits per heavy atom. The summed E-state index contributed by atoms with van der Waals surface area (Å²) < 4.78 is 3.93. The Morgan fingerprint density at radius 3 is 2.26 bits per heavy atom. The number of amides is 1. The molecule has 0 aliphatic heterocycles. The molecule has 1 rings (SSSR count). The van der Waals surface area contributed by atoms with E-state index in [-0.39, 0.29) is 24.5 Å². The number of nitrogens with one attached hydrogen (secondary N) is 1. The number of phenolic OH excluding ortho intramolecular Hbond substituents is 2. The van der Waals surface area contributed by atoms with Crippen molar-refractivity contribution >= 4 is 20.5 Å². The first kappa shape index (κ1) is 21.0. The molecular weight excluding hydrogens is 331 g/mol. The Labute approximate surface area is 133 Å². The SMILES string of the molecule is COP(O)O.NCC(=O)NC(Cc1ccc(O)c(O)c1)C(=O)O. The monoisotopic (exact) mass is 350 g/mol. The Balaban J connectivity index is 0.000000841. The van der Waals surface area contributed by atoms with E-state index in [2.05, 4.69) is 9.84 Å². The molecule has 0 aromatic heterocycles. The van der Waals surface area contributed by atoms with Gasteiger partial charge in [0, 0.05) is 13.5 Å². The number of benzene rings is 1. The van der Waals surface area contributed by atoms with E-state index in [1.165, 1.54) is 25.3 Å². The number of carboxylic acids is 1. The molecular formula is C12H19N2O8P. The zero-order chi connectivity index (χ0) is 18.0. The lowest BCUT2D eigenvalue weighted by Crippen LogP contribution is -2.44. The van der Waals surface area contributed by atoms with Gasteiger partial charge in [0.15, 0.2) is 11.5 Å². The Kier molecular flexibility index (Phi) is 9.79. The van der Waals surface area contributed by atoms with Crippen LogP contribution in [-0.2, 0) is 20.5 Å². The lowest BCUT2D eigenvalue weighted by atomic mass is 10.1. The van der Waals surface area contributed by atoms with Crippen LogP contribution in [0.2, 0.25) is 0 Å². The van der Waals surface area contributed by atoms with Crippen LogP contribution in [0.15, 0.2) is 18.2 Å². The molecule has 1 amide bonds. The van der Waals surface area contributed by atoms with E-state index in [4.69, 9.17) is 25.7 Å². The zero-order valence-corrected chi connectivity index (χ0v) is 13.1. The third-order valence-corrected chi connectivity index (χ3v) is 2.79.